The van der Waals surface area contributed by atoms with E-state index in [-0.39, 0.29) is 25.8 Å². The molecule has 0 aromatic heterocycles. The minimum atomic E-state index is -4.54. The Bertz CT molecular complexity index is 1130. The number of unbranched alkanes of at least 4 members (excludes halogenated alkanes) is 26. The van der Waals surface area contributed by atoms with Gasteiger partial charge in [-0.15, -0.1) is 0 Å². The molecule has 0 N–H and O–H groups in total. The third-order valence-electron chi connectivity index (χ3n) is 11.1. The summed E-state index contributed by atoms with van der Waals surface area (Å²) in [4.78, 5) is 25.2. The molecule has 364 valence electrons. The number of esters is 1. The van der Waals surface area contributed by atoms with Gasteiger partial charge in [0.25, 0.3) is 7.82 Å². The number of quaternary nitrogens is 1. The molecule has 62 heavy (non-hydrogen) atoms. The number of phosphoric ester groups is 1. The Kier molecular flexibility index (Phi) is 44.9. The molecule has 0 spiro atoms. The number of hydrogen-bond donors (Lipinski definition) is 0. The lowest BCUT2D eigenvalue weighted by Gasteiger charge is -2.28. The van der Waals surface area contributed by atoms with Gasteiger partial charge in [0.15, 0.2) is 0 Å². The number of likely N-dealkylation sites (N-methyl/N-ethyl adjacent to an activating group) is 1. The van der Waals surface area contributed by atoms with Crippen LogP contribution in [0.5, 0.6) is 0 Å². The summed E-state index contributed by atoms with van der Waals surface area (Å²) >= 11 is 0. The zero-order chi connectivity index (χ0) is 45.5. The van der Waals surface area contributed by atoms with Crippen molar-refractivity contribution < 1.29 is 37.3 Å². The maximum absolute atomic E-state index is 12.7. The fourth-order valence-corrected chi connectivity index (χ4v) is 7.91. The zero-order valence-electron chi connectivity index (χ0n) is 41.3. The Morgan fingerprint density at radius 1 is 0.516 bits per heavy atom. The van der Waals surface area contributed by atoms with Gasteiger partial charge in [0.05, 0.1) is 34.4 Å². The molecule has 0 rings (SSSR count). The van der Waals surface area contributed by atoms with Gasteiger partial charge in [0, 0.05) is 13.0 Å². The van der Waals surface area contributed by atoms with Crippen LogP contribution in [0.25, 0.3) is 0 Å². The van der Waals surface area contributed by atoms with Crippen LogP contribution in [0.15, 0.2) is 48.6 Å². The average molecular weight is 894 g/mol. The van der Waals surface area contributed by atoms with Crippen LogP contribution in [-0.4, -0.2) is 70.7 Å². The van der Waals surface area contributed by atoms with E-state index in [4.69, 9.17) is 18.5 Å². The number of carbonyl (C=O) groups excluding carboxylic acids is 1. The Morgan fingerprint density at radius 3 is 1.39 bits per heavy atom. The summed E-state index contributed by atoms with van der Waals surface area (Å²) in [5.74, 6) is -0.342. The van der Waals surface area contributed by atoms with E-state index in [1.54, 1.807) is 0 Å². The first kappa shape index (κ1) is 60.5. The monoisotopic (exact) mass is 894 g/mol. The number of nitrogens with zero attached hydrogens (tertiary/aromatic N) is 1. The Morgan fingerprint density at radius 2 is 0.935 bits per heavy atom. The van der Waals surface area contributed by atoms with Gasteiger partial charge in [-0.25, -0.2) is 0 Å². The number of phosphoric acid groups is 1. The van der Waals surface area contributed by atoms with Crippen LogP contribution in [0.4, 0.5) is 0 Å². The Labute approximate surface area is 384 Å². The van der Waals surface area contributed by atoms with Crippen LogP contribution >= 0.6 is 7.82 Å². The fraction of sp³-hybridized carbons (Fsp3) is 0.830. The third kappa shape index (κ3) is 49.5. The number of ether oxygens (including phenoxy) is 2. The van der Waals surface area contributed by atoms with Gasteiger partial charge in [0.1, 0.15) is 19.3 Å². The van der Waals surface area contributed by atoms with E-state index in [1.807, 2.05) is 21.1 Å². The van der Waals surface area contributed by atoms with Crippen molar-refractivity contribution in [2.45, 2.75) is 232 Å². The van der Waals surface area contributed by atoms with Crippen LogP contribution in [0.3, 0.4) is 0 Å². The van der Waals surface area contributed by atoms with Gasteiger partial charge in [0.2, 0.25) is 0 Å². The zero-order valence-corrected chi connectivity index (χ0v) is 42.2. The Hall–Kier alpha value is -1.54. The van der Waals surface area contributed by atoms with E-state index in [0.717, 1.165) is 70.6 Å². The molecule has 2 unspecified atom stereocenters. The maximum atomic E-state index is 12.7. The van der Waals surface area contributed by atoms with E-state index in [1.165, 1.54) is 135 Å². The van der Waals surface area contributed by atoms with Gasteiger partial charge < -0.3 is 27.9 Å². The first-order valence-corrected chi connectivity index (χ1v) is 27.3. The van der Waals surface area contributed by atoms with Crippen LogP contribution in [0, 0.1) is 0 Å². The predicted molar refractivity (Wildman–Crippen MR) is 263 cm³/mol. The molecule has 0 aromatic rings. The van der Waals surface area contributed by atoms with Crippen molar-refractivity contribution >= 4 is 13.8 Å². The lowest BCUT2D eigenvalue weighted by Crippen LogP contribution is -2.37. The summed E-state index contributed by atoms with van der Waals surface area (Å²) in [6.45, 7) is 5.25. The molecule has 0 bridgehead atoms. The highest BCUT2D eigenvalue weighted by Gasteiger charge is 2.20. The van der Waals surface area contributed by atoms with Crippen LogP contribution in [-0.2, 0) is 27.9 Å². The molecule has 8 nitrogen and oxygen atoms in total. The van der Waals surface area contributed by atoms with Gasteiger partial charge in [-0.2, -0.15) is 0 Å². The van der Waals surface area contributed by atoms with Crippen molar-refractivity contribution in [2.24, 2.45) is 0 Å². The highest BCUT2D eigenvalue weighted by Crippen LogP contribution is 2.38. The highest BCUT2D eigenvalue weighted by atomic mass is 31.2. The highest BCUT2D eigenvalue weighted by molar-refractivity contribution is 7.45. The number of allylic oxidation sites excluding steroid dienone is 8. The lowest BCUT2D eigenvalue weighted by molar-refractivity contribution is -0.870. The Balaban J connectivity index is 4.11. The molecule has 0 aromatic carbocycles. The van der Waals surface area contributed by atoms with E-state index >= 15 is 0 Å². The standard InChI is InChI=1S/C53H100NO7P/c1-6-8-10-12-14-16-18-20-22-24-25-26-27-28-29-30-31-32-34-36-38-40-42-44-46-53(55)61-52(51-60-62(56,57)59-49-47-54(3,4)5)50-58-48-45-43-41-39-37-35-33-23-21-19-17-15-13-11-9-7-2/h9,11,15,17,21,23,35,37,52H,6-8,10,12-14,16,18-20,22,24-34,36,38-51H2,1-5H3/b11-9-,17-15-,23-21-,37-35-. The largest absolute Gasteiger partial charge is 0.756 e. The van der Waals surface area contributed by atoms with Crippen LogP contribution in [0.1, 0.15) is 226 Å². The summed E-state index contributed by atoms with van der Waals surface area (Å²) < 4.78 is 34.7. The average Bonchev–Trinajstić information content (AvgIpc) is 3.23. The summed E-state index contributed by atoms with van der Waals surface area (Å²) in [5.41, 5.74) is 0. The normalized spacial score (nSPS) is 14.0. The second-order valence-electron chi connectivity index (χ2n) is 18.5. The molecule has 0 saturated carbocycles. The second-order valence-corrected chi connectivity index (χ2v) is 19.9. The van der Waals surface area contributed by atoms with Crippen LogP contribution < -0.4 is 4.89 Å². The van der Waals surface area contributed by atoms with Crippen molar-refractivity contribution in [2.75, 3.05) is 54.1 Å². The second kappa shape index (κ2) is 46.0. The SMILES string of the molecule is CC/C=C\C/C=C\C/C=C\C/C=C\CCCCCOCC(COP(=O)([O-])OCC[N+](C)(C)C)OC(=O)CCCCCCCCCCCCCCCCCCCCCCCCCC. The van der Waals surface area contributed by atoms with Crippen LogP contribution in [0.2, 0.25) is 0 Å². The molecule has 0 heterocycles. The maximum Gasteiger partial charge on any atom is 0.306 e. The molecule has 9 heteroatoms. The van der Waals surface area contributed by atoms with E-state index in [0.29, 0.717) is 24.1 Å². The van der Waals surface area contributed by atoms with E-state index in [2.05, 4.69) is 62.5 Å². The fourth-order valence-electron chi connectivity index (χ4n) is 7.19. The summed E-state index contributed by atoms with van der Waals surface area (Å²) in [5, 5.41) is 0. The molecule has 0 fully saturated rings. The molecule has 0 amide bonds. The number of carbonyl (C=O) groups is 1. The number of rotatable bonds is 48. The van der Waals surface area contributed by atoms with E-state index in [9.17, 15) is 14.3 Å². The topological polar surface area (TPSA) is 94.1 Å². The van der Waals surface area contributed by atoms with Crippen molar-refractivity contribution in [3.05, 3.63) is 48.6 Å². The molecule has 0 radical (unpaired) electrons. The van der Waals surface area contributed by atoms with Crippen molar-refractivity contribution in [1.82, 2.24) is 0 Å². The van der Waals surface area contributed by atoms with Gasteiger partial charge in [-0.1, -0.05) is 217 Å². The lowest BCUT2D eigenvalue weighted by atomic mass is 10.0. The van der Waals surface area contributed by atoms with Gasteiger partial charge >= 0.3 is 5.97 Å². The molecule has 0 aliphatic rings. The molecular formula is C53H100NO7P. The number of hydrogen-bond acceptors (Lipinski definition) is 7. The first-order chi connectivity index (χ1) is 30.1. The quantitative estimate of drug-likeness (QED) is 0.0197. The third-order valence-corrected chi connectivity index (χ3v) is 12.1. The van der Waals surface area contributed by atoms with Crippen molar-refractivity contribution in [1.29, 1.82) is 0 Å². The molecule has 0 saturated heterocycles. The molecule has 0 aliphatic heterocycles. The molecule has 0 aliphatic carbocycles. The van der Waals surface area contributed by atoms with Crippen molar-refractivity contribution in [3.63, 3.8) is 0 Å². The first-order valence-electron chi connectivity index (χ1n) is 25.9. The minimum absolute atomic E-state index is 0.0196. The van der Waals surface area contributed by atoms with E-state index < -0.39 is 13.9 Å². The minimum Gasteiger partial charge on any atom is -0.756 e. The van der Waals surface area contributed by atoms with Gasteiger partial charge in [-0.05, 0) is 51.4 Å². The molecule has 2 atom stereocenters. The summed E-state index contributed by atoms with van der Waals surface area (Å²) in [6, 6.07) is 0. The smallest absolute Gasteiger partial charge is 0.306 e. The summed E-state index contributed by atoms with van der Waals surface area (Å²) in [6.07, 6.45) is 57.2. The predicted octanol–water partition coefficient (Wildman–Crippen LogP) is 15.3. The summed E-state index contributed by atoms with van der Waals surface area (Å²) in [7, 11) is 1.34. The van der Waals surface area contributed by atoms with Crippen molar-refractivity contribution in [3.8, 4) is 0 Å². The molecular weight excluding hydrogens is 794 g/mol. The van der Waals surface area contributed by atoms with Gasteiger partial charge in [-0.3, -0.25) is 9.36 Å².